The van der Waals surface area contributed by atoms with Crippen molar-refractivity contribution in [3.05, 3.63) is 53.5 Å². The van der Waals surface area contributed by atoms with Gasteiger partial charge in [-0.3, -0.25) is 0 Å². The molecule has 0 spiro atoms. The Hall–Kier alpha value is -3.09. The zero-order chi connectivity index (χ0) is 18.6. The van der Waals surface area contributed by atoms with Crippen LogP contribution in [-0.2, 0) is 12.8 Å². The highest BCUT2D eigenvalue weighted by Crippen LogP contribution is 2.40. The van der Waals surface area contributed by atoms with E-state index in [4.69, 9.17) is 9.26 Å². The van der Waals surface area contributed by atoms with Gasteiger partial charge in [-0.25, -0.2) is 4.98 Å². The summed E-state index contributed by atoms with van der Waals surface area (Å²) in [6.45, 7) is 0. The molecule has 140 valence electrons. The lowest BCUT2D eigenvalue weighted by molar-refractivity contribution is 0.377. The molecule has 1 saturated carbocycles. The van der Waals surface area contributed by atoms with Crippen LogP contribution in [-0.4, -0.2) is 29.3 Å². The molecule has 0 atom stereocenters. The van der Waals surface area contributed by atoms with E-state index in [1.807, 2.05) is 25.2 Å². The van der Waals surface area contributed by atoms with Crippen LogP contribution in [0.5, 0.6) is 5.75 Å². The molecule has 0 radical (unpaired) electrons. The fraction of sp³-hybridized carbons (Fsp3) is 0.350. The first-order chi connectivity index (χ1) is 13.2. The molecule has 2 aromatic heterocycles. The molecule has 2 heterocycles. The average molecular weight is 365 g/mol. The Kier molecular flexibility index (Phi) is 4.91. The molecule has 7 nitrogen and oxygen atoms in total. The molecule has 0 amide bonds. The molecule has 1 aliphatic carbocycles. The minimum absolute atomic E-state index is 0.545. The second kappa shape index (κ2) is 7.65. The number of nitrogens with one attached hydrogen (secondary N) is 2. The Labute approximate surface area is 158 Å². The minimum Gasteiger partial charge on any atom is -0.496 e. The summed E-state index contributed by atoms with van der Waals surface area (Å²) in [6.07, 6.45) is 5.77. The number of nitrogens with zero attached hydrogens (tertiary/aromatic N) is 3. The summed E-state index contributed by atoms with van der Waals surface area (Å²) in [5, 5.41) is 10.5. The highest BCUT2D eigenvalue weighted by Gasteiger charge is 2.27. The number of aromatic nitrogens is 3. The number of rotatable bonds is 8. The van der Waals surface area contributed by atoms with Crippen LogP contribution in [0.1, 0.15) is 35.8 Å². The number of ether oxygens (including phenoxy) is 1. The molecule has 27 heavy (non-hydrogen) atoms. The highest BCUT2D eigenvalue weighted by atomic mass is 16.5. The number of anilines is 3. The van der Waals surface area contributed by atoms with Crippen molar-refractivity contribution in [3.63, 3.8) is 0 Å². The average Bonchev–Trinajstić information content (AvgIpc) is 3.45. The van der Waals surface area contributed by atoms with E-state index in [1.54, 1.807) is 13.3 Å². The standard InChI is InChI=1S/C20H23N5O2/c1-21-19-9-10-22-20(24-19)23-15-7-8-17(26-2)14(11-15)5-6-16-12-18(27-25-16)13-3-4-13/h7-13H,3-6H2,1-2H3,(H2,21,22,23,24). The molecule has 2 N–H and O–H groups in total. The smallest absolute Gasteiger partial charge is 0.229 e. The molecule has 0 unspecified atom stereocenters. The summed E-state index contributed by atoms with van der Waals surface area (Å²) in [7, 11) is 3.52. The van der Waals surface area contributed by atoms with Gasteiger partial charge in [-0.15, -0.1) is 0 Å². The Balaban J connectivity index is 1.47. The van der Waals surface area contributed by atoms with Gasteiger partial charge in [-0.1, -0.05) is 5.16 Å². The molecule has 0 bridgehead atoms. The third kappa shape index (κ3) is 4.19. The van der Waals surface area contributed by atoms with Gasteiger partial charge in [0.15, 0.2) is 0 Å². The van der Waals surface area contributed by atoms with Crippen LogP contribution in [0.4, 0.5) is 17.5 Å². The number of methoxy groups -OCH3 is 1. The molecule has 7 heteroatoms. The monoisotopic (exact) mass is 365 g/mol. The second-order valence-corrected chi connectivity index (χ2v) is 6.66. The predicted molar refractivity (Wildman–Crippen MR) is 104 cm³/mol. The molecule has 1 aromatic carbocycles. The van der Waals surface area contributed by atoms with E-state index < -0.39 is 0 Å². The van der Waals surface area contributed by atoms with Crippen molar-refractivity contribution >= 4 is 17.5 Å². The van der Waals surface area contributed by atoms with Crippen LogP contribution < -0.4 is 15.4 Å². The van der Waals surface area contributed by atoms with Gasteiger partial charge in [0.1, 0.15) is 17.3 Å². The summed E-state index contributed by atoms with van der Waals surface area (Å²) in [5.74, 6) is 3.77. The lowest BCUT2D eigenvalue weighted by atomic mass is 10.1. The fourth-order valence-electron chi connectivity index (χ4n) is 3.01. The molecular formula is C20H23N5O2. The van der Waals surface area contributed by atoms with Gasteiger partial charge in [0.2, 0.25) is 5.95 Å². The summed E-state index contributed by atoms with van der Waals surface area (Å²) in [5.41, 5.74) is 3.00. The van der Waals surface area contributed by atoms with E-state index in [0.29, 0.717) is 11.9 Å². The van der Waals surface area contributed by atoms with Crippen LogP contribution in [0.2, 0.25) is 0 Å². The summed E-state index contributed by atoms with van der Waals surface area (Å²) in [6, 6.07) is 9.88. The van der Waals surface area contributed by atoms with Crippen LogP contribution in [0, 0.1) is 0 Å². The normalized spacial score (nSPS) is 13.4. The predicted octanol–water partition coefficient (Wildman–Crippen LogP) is 3.92. The van der Waals surface area contributed by atoms with Crippen LogP contribution >= 0.6 is 0 Å². The quantitative estimate of drug-likeness (QED) is 0.626. The SMILES string of the molecule is CNc1ccnc(Nc2ccc(OC)c(CCc3cc(C4CC4)on3)c2)n1. The number of hydrogen-bond donors (Lipinski definition) is 2. The van der Waals surface area contributed by atoms with Crippen molar-refractivity contribution in [3.8, 4) is 5.75 Å². The maximum Gasteiger partial charge on any atom is 0.229 e. The van der Waals surface area contributed by atoms with E-state index in [1.165, 1.54) is 12.8 Å². The van der Waals surface area contributed by atoms with Crippen molar-refractivity contribution in [1.29, 1.82) is 0 Å². The summed E-state index contributed by atoms with van der Waals surface area (Å²) < 4.78 is 11.0. The van der Waals surface area contributed by atoms with Gasteiger partial charge in [-0.05, 0) is 55.5 Å². The first kappa shape index (κ1) is 17.3. The molecular weight excluding hydrogens is 342 g/mol. The zero-order valence-corrected chi connectivity index (χ0v) is 15.5. The van der Waals surface area contributed by atoms with Crippen LogP contribution in [0.25, 0.3) is 0 Å². The number of aryl methyl sites for hydroxylation is 2. The second-order valence-electron chi connectivity index (χ2n) is 6.66. The maximum absolute atomic E-state index is 5.52. The fourth-order valence-corrected chi connectivity index (χ4v) is 3.01. The topological polar surface area (TPSA) is 85.1 Å². The molecule has 0 aliphatic heterocycles. The Morgan fingerprint density at radius 1 is 1.19 bits per heavy atom. The molecule has 0 saturated heterocycles. The summed E-state index contributed by atoms with van der Waals surface area (Å²) in [4.78, 5) is 8.65. The number of hydrogen-bond acceptors (Lipinski definition) is 7. The van der Waals surface area contributed by atoms with Crippen molar-refractivity contribution in [1.82, 2.24) is 15.1 Å². The lowest BCUT2D eigenvalue weighted by Gasteiger charge is -2.11. The number of benzene rings is 1. The summed E-state index contributed by atoms with van der Waals surface area (Å²) >= 11 is 0. The van der Waals surface area contributed by atoms with E-state index in [9.17, 15) is 0 Å². The van der Waals surface area contributed by atoms with Gasteiger partial charge in [-0.2, -0.15) is 4.98 Å². The minimum atomic E-state index is 0.545. The lowest BCUT2D eigenvalue weighted by Crippen LogP contribution is -2.02. The first-order valence-corrected chi connectivity index (χ1v) is 9.15. The third-order valence-electron chi connectivity index (χ3n) is 4.66. The van der Waals surface area contributed by atoms with Crippen molar-refractivity contribution in [2.75, 3.05) is 24.8 Å². The van der Waals surface area contributed by atoms with Gasteiger partial charge in [0, 0.05) is 30.9 Å². The molecule has 4 rings (SSSR count). The molecule has 1 aliphatic rings. The van der Waals surface area contributed by atoms with Crippen molar-refractivity contribution in [2.45, 2.75) is 31.6 Å². The first-order valence-electron chi connectivity index (χ1n) is 9.15. The van der Waals surface area contributed by atoms with Gasteiger partial charge < -0.3 is 19.9 Å². The zero-order valence-electron chi connectivity index (χ0n) is 15.5. The molecule has 1 fully saturated rings. The third-order valence-corrected chi connectivity index (χ3v) is 4.66. The Morgan fingerprint density at radius 2 is 2.07 bits per heavy atom. The Bertz CT molecular complexity index is 920. The highest BCUT2D eigenvalue weighted by molar-refractivity contribution is 5.58. The van der Waals surface area contributed by atoms with Crippen LogP contribution in [0.15, 0.2) is 41.1 Å². The largest absolute Gasteiger partial charge is 0.496 e. The van der Waals surface area contributed by atoms with Gasteiger partial charge in [0.25, 0.3) is 0 Å². The van der Waals surface area contributed by atoms with E-state index in [0.717, 1.165) is 47.1 Å². The molecule has 3 aromatic rings. The van der Waals surface area contributed by atoms with Gasteiger partial charge in [0.05, 0.1) is 12.8 Å². The maximum atomic E-state index is 5.52. The van der Waals surface area contributed by atoms with Crippen LogP contribution in [0.3, 0.4) is 0 Å². The van der Waals surface area contributed by atoms with Crippen molar-refractivity contribution in [2.24, 2.45) is 0 Å². The van der Waals surface area contributed by atoms with Crippen molar-refractivity contribution < 1.29 is 9.26 Å². The van der Waals surface area contributed by atoms with Gasteiger partial charge >= 0.3 is 0 Å². The van der Waals surface area contributed by atoms with E-state index >= 15 is 0 Å². The van der Waals surface area contributed by atoms with E-state index in [2.05, 4.69) is 37.9 Å². The Morgan fingerprint density at radius 3 is 2.85 bits per heavy atom. The van der Waals surface area contributed by atoms with E-state index in [-0.39, 0.29) is 0 Å².